The first kappa shape index (κ1) is 15.4. The molecule has 0 amide bonds. The van der Waals surface area contributed by atoms with Crippen molar-refractivity contribution in [3.63, 3.8) is 0 Å². The normalized spacial score (nSPS) is 12.0. The van der Waals surface area contributed by atoms with E-state index in [-0.39, 0.29) is 0 Å². The lowest BCUT2D eigenvalue weighted by atomic mass is 9.92. The summed E-state index contributed by atoms with van der Waals surface area (Å²) in [4.78, 5) is 0. The lowest BCUT2D eigenvalue weighted by molar-refractivity contribution is 0.280. The zero-order chi connectivity index (χ0) is 15.1. The molecule has 2 aromatic rings. The number of benzene rings is 2. The fraction of sp³-hybridized carbons (Fsp3) is 0.333. The number of rotatable bonds is 7. The number of ether oxygens (including phenoxy) is 2. The van der Waals surface area contributed by atoms with E-state index in [4.69, 9.17) is 15.2 Å². The third-order valence-electron chi connectivity index (χ3n) is 3.71. The van der Waals surface area contributed by atoms with E-state index in [1.54, 1.807) is 7.11 Å². The van der Waals surface area contributed by atoms with Crippen molar-refractivity contribution in [3.05, 3.63) is 59.7 Å². The summed E-state index contributed by atoms with van der Waals surface area (Å²) in [6.45, 7) is 3.37. The second-order valence-electron chi connectivity index (χ2n) is 5.08. The minimum Gasteiger partial charge on any atom is -0.493 e. The first-order chi connectivity index (χ1) is 10.3. The minimum absolute atomic E-state index is 0.320. The summed E-state index contributed by atoms with van der Waals surface area (Å²) in [5.41, 5.74) is 8.52. The van der Waals surface area contributed by atoms with Crippen LogP contribution >= 0.6 is 0 Å². The van der Waals surface area contributed by atoms with Crippen LogP contribution in [0.5, 0.6) is 11.5 Å². The molecule has 0 fully saturated rings. The molecule has 0 spiro atoms. The van der Waals surface area contributed by atoms with Gasteiger partial charge in [-0.25, -0.2) is 0 Å². The monoisotopic (exact) mass is 285 g/mol. The fourth-order valence-corrected chi connectivity index (χ4v) is 2.49. The number of hydrogen-bond acceptors (Lipinski definition) is 3. The van der Waals surface area contributed by atoms with Crippen molar-refractivity contribution in [1.82, 2.24) is 0 Å². The van der Waals surface area contributed by atoms with Crippen molar-refractivity contribution in [1.29, 1.82) is 0 Å². The van der Waals surface area contributed by atoms with E-state index < -0.39 is 0 Å². The Labute approximate surface area is 126 Å². The molecule has 112 valence electrons. The van der Waals surface area contributed by atoms with Gasteiger partial charge in [0.1, 0.15) is 0 Å². The Morgan fingerprint density at radius 1 is 1.00 bits per heavy atom. The summed E-state index contributed by atoms with van der Waals surface area (Å²) in [5.74, 6) is 1.86. The maximum atomic E-state index is 5.93. The van der Waals surface area contributed by atoms with E-state index in [0.29, 0.717) is 19.1 Å². The average Bonchev–Trinajstić information content (AvgIpc) is 2.53. The Hall–Kier alpha value is -2.00. The molecular weight excluding hydrogens is 262 g/mol. The molecule has 3 nitrogen and oxygen atoms in total. The lowest BCUT2D eigenvalue weighted by Gasteiger charge is -2.18. The Morgan fingerprint density at radius 2 is 1.67 bits per heavy atom. The second kappa shape index (κ2) is 7.70. The first-order valence-electron chi connectivity index (χ1n) is 7.27. The van der Waals surface area contributed by atoms with Gasteiger partial charge in [-0.2, -0.15) is 0 Å². The summed E-state index contributed by atoms with van der Waals surface area (Å²) >= 11 is 0. The average molecular weight is 285 g/mol. The molecule has 0 radical (unpaired) electrons. The fourth-order valence-electron chi connectivity index (χ4n) is 2.49. The van der Waals surface area contributed by atoms with Gasteiger partial charge >= 0.3 is 0 Å². The van der Waals surface area contributed by atoms with Gasteiger partial charge in [-0.15, -0.1) is 0 Å². The van der Waals surface area contributed by atoms with Gasteiger partial charge in [0, 0.05) is 0 Å². The quantitative estimate of drug-likeness (QED) is 0.846. The van der Waals surface area contributed by atoms with Crippen LogP contribution in [0.25, 0.3) is 0 Å². The molecule has 0 heterocycles. The van der Waals surface area contributed by atoms with E-state index >= 15 is 0 Å². The topological polar surface area (TPSA) is 44.5 Å². The Balaban J connectivity index is 1.97. The SMILES string of the molecule is COc1ccccc1OCCC(CN)c1ccccc1C. The molecule has 2 N–H and O–H groups in total. The molecule has 1 atom stereocenters. The van der Waals surface area contributed by atoms with Crippen LogP contribution in [0.3, 0.4) is 0 Å². The van der Waals surface area contributed by atoms with Crippen LogP contribution in [0, 0.1) is 6.92 Å². The van der Waals surface area contributed by atoms with Crippen molar-refractivity contribution < 1.29 is 9.47 Å². The zero-order valence-electron chi connectivity index (χ0n) is 12.7. The Kier molecular flexibility index (Phi) is 5.64. The molecule has 0 aliphatic carbocycles. The van der Waals surface area contributed by atoms with Crippen LogP contribution in [-0.4, -0.2) is 20.3 Å². The highest BCUT2D eigenvalue weighted by Gasteiger charge is 2.12. The lowest BCUT2D eigenvalue weighted by Crippen LogP contribution is -2.16. The van der Waals surface area contributed by atoms with E-state index in [2.05, 4.69) is 31.2 Å². The van der Waals surface area contributed by atoms with Crippen molar-refractivity contribution in [3.8, 4) is 11.5 Å². The second-order valence-corrected chi connectivity index (χ2v) is 5.08. The number of nitrogens with two attached hydrogens (primary N) is 1. The molecule has 3 heteroatoms. The van der Waals surface area contributed by atoms with Crippen molar-refractivity contribution in [2.24, 2.45) is 5.73 Å². The minimum atomic E-state index is 0.320. The molecule has 0 saturated carbocycles. The third-order valence-corrected chi connectivity index (χ3v) is 3.71. The van der Waals surface area contributed by atoms with Gasteiger partial charge in [0.15, 0.2) is 11.5 Å². The summed E-state index contributed by atoms with van der Waals surface area (Å²) < 4.78 is 11.1. The standard InChI is InChI=1S/C18H23NO2/c1-14-7-3-4-8-16(14)15(13-19)11-12-21-18-10-6-5-9-17(18)20-2/h3-10,15H,11-13,19H2,1-2H3. The van der Waals surface area contributed by atoms with Gasteiger partial charge < -0.3 is 15.2 Å². The van der Waals surface area contributed by atoms with Crippen LogP contribution in [0.15, 0.2) is 48.5 Å². The maximum absolute atomic E-state index is 5.93. The Bertz CT molecular complexity index is 569. The molecule has 0 aliphatic rings. The van der Waals surface area contributed by atoms with Crippen LogP contribution in [-0.2, 0) is 0 Å². The molecule has 0 aliphatic heterocycles. The van der Waals surface area contributed by atoms with Crippen LogP contribution in [0.1, 0.15) is 23.5 Å². The van der Waals surface area contributed by atoms with Gasteiger partial charge in [-0.05, 0) is 49.1 Å². The van der Waals surface area contributed by atoms with Crippen molar-refractivity contribution in [2.45, 2.75) is 19.3 Å². The number of para-hydroxylation sites is 2. The highest BCUT2D eigenvalue weighted by atomic mass is 16.5. The number of methoxy groups -OCH3 is 1. The zero-order valence-corrected chi connectivity index (χ0v) is 12.7. The maximum Gasteiger partial charge on any atom is 0.161 e. The van der Waals surface area contributed by atoms with Crippen LogP contribution in [0.4, 0.5) is 0 Å². The van der Waals surface area contributed by atoms with Crippen LogP contribution in [0.2, 0.25) is 0 Å². The van der Waals surface area contributed by atoms with E-state index in [0.717, 1.165) is 17.9 Å². The summed E-state index contributed by atoms with van der Waals surface area (Å²) in [6.07, 6.45) is 0.888. The Morgan fingerprint density at radius 3 is 2.33 bits per heavy atom. The predicted octanol–water partition coefficient (Wildman–Crippen LogP) is 3.52. The van der Waals surface area contributed by atoms with E-state index in [1.807, 2.05) is 24.3 Å². The van der Waals surface area contributed by atoms with Gasteiger partial charge in [-0.3, -0.25) is 0 Å². The molecular formula is C18H23NO2. The molecule has 0 aromatic heterocycles. The van der Waals surface area contributed by atoms with Gasteiger partial charge in [0.05, 0.1) is 13.7 Å². The largest absolute Gasteiger partial charge is 0.493 e. The van der Waals surface area contributed by atoms with E-state index in [1.165, 1.54) is 11.1 Å². The first-order valence-corrected chi connectivity index (χ1v) is 7.27. The third kappa shape index (κ3) is 3.99. The summed E-state index contributed by atoms with van der Waals surface area (Å²) in [6, 6.07) is 16.1. The smallest absolute Gasteiger partial charge is 0.161 e. The van der Waals surface area contributed by atoms with Gasteiger partial charge in [-0.1, -0.05) is 36.4 Å². The molecule has 0 bridgehead atoms. The molecule has 21 heavy (non-hydrogen) atoms. The number of aryl methyl sites for hydroxylation is 1. The molecule has 1 unspecified atom stereocenters. The van der Waals surface area contributed by atoms with Crippen LogP contribution < -0.4 is 15.2 Å². The molecule has 2 rings (SSSR count). The van der Waals surface area contributed by atoms with Gasteiger partial charge in [0.25, 0.3) is 0 Å². The summed E-state index contributed by atoms with van der Waals surface area (Å²) in [7, 11) is 1.65. The molecule has 2 aromatic carbocycles. The van der Waals surface area contributed by atoms with Crippen molar-refractivity contribution in [2.75, 3.05) is 20.3 Å². The highest BCUT2D eigenvalue weighted by Crippen LogP contribution is 2.27. The van der Waals surface area contributed by atoms with Crippen molar-refractivity contribution >= 4 is 0 Å². The summed E-state index contributed by atoms with van der Waals surface area (Å²) in [5, 5.41) is 0. The predicted molar refractivity (Wildman–Crippen MR) is 86.1 cm³/mol. The number of hydrogen-bond donors (Lipinski definition) is 1. The van der Waals surface area contributed by atoms with Gasteiger partial charge in [0.2, 0.25) is 0 Å². The van der Waals surface area contributed by atoms with E-state index in [9.17, 15) is 0 Å². The molecule has 0 saturated heterocycles. The highest BCUT2D eigenvalue weighted by molar-refractivity contribution is 5.39.